The molecule has 5 heteroatoms. The summed E-state index contributed by atoms with van der Waals surface area (Å²) in [5, 5.41) is 20.8. The molecule has 0 aliphatic carbocycles. The number of phenolic OH excluding ortho intramolecular Hbond substituents is 1. The molecule has 0 radical (unpaired) electrons. The molecule has 3 N–H and O–H groups in total. The Bertz CT molecular complexity index is 456. The van der Waals surface area contributed by atoms with Gasteiger partial charge in [-0.3, -0.25) is 4.79 Å². The summed E-state index contributed by atoms with van der Waals surface area (Å²) in [6.45, 7) is 3.77. The molecule has 1 aromatic rings. The van der Waals surface area contributed by atoms with E-state index in [1.807, 2.05) is 6.92 Å². The maximum Gasteiger partial charge on any atom is 0.337 e. The quantitative estimate of drug-likeness (QED) is 0.701. The summed E-state index contributed by atoms with van der Waals surface area (Å²) in [7, 11) is 0. The number of carboxylic acid groups (broad SMARTS) is 1. The van der Waals surface area contributed by atoms with E-state index in [1.165, 1.54) is 12.1 Å². The first-order valence-electron chi connectivity index (χ1n) is 5.82. The maximum atomic E-state index is 11.8. The molecular formula is C13H17NO4. The van der Waals surface area contributed by atoms with Gasteiger partial charge in [-0.15, -0.1) is 0 Å². The summed E-state index contributed by atoms with van der Waals surface area (Å²) in [6, 6.07) is 3.84. The number of benzene rings is 1. The van der Waals surface area contributed by atoms with Crippen LogP contribution in [0.15, 0.2) is 18.2 Å². The van der Waals surface area contributed by atoms with Crippen LogP contribution in [-0.2, 0) is 4.79 Å². The standard InChI is InChI=1S/C13H17NO4/c1-3-4-8(2)12(16)14-11-6-5-9(15)7-10(11)13(17)18/h5-8,15H,3-4H2,1-2H3,(H,14,16)(H,17,18). The molecule has 1 amide bonds. The van der Waals surface area contributed by atoms with Gasteiger partial charge in [-0.2, -0.15) is 0 Å². The minimum Gasteiger partial charge on any atom is -0.508 e. The van der Waals surface area contributed by atoms with Crippen molar-refractivity contribution >= 4 is 17.6 Å². The van der Waals surface area contributed by atoms with Gasteiger partial charge in [-0.25, -0.2) is 4.79 Å². The predicted octanol–water partition coefficient (Wildman–Crippen LogP) is 2.47. The van der Waals surface area contributed by atoms with Crippen molar-refractivity contribution in [2.75, 3.05) is 5.32 Å². The Hall–Kier alpha value is -2.04. The summed E-state index contributed by atoms with van der Waals surface area (Å²) in [5.74, 6) is -1.73. The number of rotatable bonds is 5. The molecule has 1 atom stereocenters. The van der Waals surface area contributed by atoms with Crippen molar-refractivity contribution in [1.29, 1.82) is 0 Å². The Labute approximate surface area is 105 Å². The van der Waals surface area contributed by atoms with Gasteiger partial charge in [0.25, 0.3) is 0 Å². The van der Waals surface area contributed by atoms with Crippen molar-refractivity contribution in [3.63, 3.8) is 0 Å². The van der Waals surface area contributed by atoms with Crippen molar-refractivity contribution in [2.24, 2.45) is 5.92 Å². The fraction of sp³-hybridized carbons (Fsp3) is 0.385. The van der Waals surface area contributed by atoms with Crippen molar-refractivity contribution in [3.8, 4) is 5.75 Å². The van der Waals surface area contributed by atoms with E-state index in [1.54, 1.807) is 6.92 Å². The molecule has 0 aliphatic heterocycles. The summed E-state index contributed by atoms with van der Waals surface area (Å²) in [6.07, 6.45) is 1.63. The number of phenols is 1. The van der Waals surface area contributed by atoms with Gasteiger partial charge in [0.1, 0.15) is 5.75 Å². The zero-order valence-electron chi connectivity index (χ0n) is 10.4. The second-order valence-corrected chi connectivity index (χ2v) is 4.21. The number of hydrogen-bond donors (Lipinski definition) is 3. The Morgan fingerprint density at radius 1 is 1.39 bits per heavy atom. The van der Waals surface area contributed by atoms with Crippen LogP contribution in [0.3, 0.4) is 0 Å². The number of carbonyl (C=O) groups is 2. The SMILES string of the molecule is CCCC(C)C(=O)Nc1ccc(O)cc1C(=O)O. The van der Waals surface area contributed by atoms with Crippen LogP contribution in [0.25, 0.3) is 0 Å². The normalized spacial score (nSPS) is 11.9. The molecule has 0 saturated heterocycles. The van der Waals surface area contributed by atoms with E-state index in [2.05, 4.69) is 5.32 Å². The first-order chi connectivity index (χ1) is 8.45. The molecule has 1 unspecified atom stereocenters. The highest BCUT2D eigenvalue weighted by Gasteiger charge is 2.16. The van der Waals surface area contributed by atoms with Crippen LogP contribution in [0.4, 0.5) is 5.69 Å². The minimum atomic E-state index is -1.19. The lowest BCUT2D eigenvalue weighted by Crippen LogP contribution is -2.21. The summed E-state index contributed by atoms with van der Waals surface area (Å²) in [5.41, 5.74) is 0.0836. The third-order valence-electron chi connectivity index (χ3n) is 2.66. The Morgan fingerprint density at radius 2 is 2.06 bits per heavy atom. The van der Waals surface area contributed by atoms with Crippen LogP contribution in [0.1, 0.15) is 37.0 Å². The number of hydrogen-bond acceptors (Lipinski definition) is 3. The monoisotopic (exact) mass is 251 g/mol. The van der Waals surface area contributed by atoms with Crippen LogP contribution >= 0.6 is 0 Å². The molecule has 0 aromatic heterocycles. The summed E-state index contributed by atoms with van der Waals surface area (Å²) < 4.78 is 0. The number of anilines is 1. The van der Waals surface area contributed by atoms with Crippen LogP contribution in [-0.4, -0.2) is 22.1 Å². The van der Waals surface area contributed by atoms with E-state index < -0.39 is 5.97 Å². The number of nitrogens with one attached hydrogen (secondary N) is 1. The fourth-order valence-corrected chi connectivity index (χ4v) is 1.64. The minimum absolute atomic E-state index is 0.118. The Balaban J connectivity index is 2.90. The van der Waals surface area contributed by atoms with Crippen molar-refractivity contribution in [3.05, 3.63) is 23.8 Å². The van der Waals surface area contributed by atoms with Crippen molar-refractivity contribution in [1.82, 2.24) is 0 Å². The molecule has 0 saturated carbocycles. The smallest absolute Gasteiger partial charge is 0.337 e. The Kier molecular flexibility index (Phi) is 4.71. The largest absolute Gasteiger partial charge is 0.508 e. The predicted molar refractivity (Wildman–Crippen MR) is 67.8 cm³/mol. The molecule has 0 heterocycles. The van der Waals surface area contributed by atoms with Gasteiger partial charge in [-0.1, -0.05) is 20.3 Å². The van der Waals surface area contributed by atoms with Gasteiger partial charge >= 0.3 is 5.97 Å². The number of amides is 1. The molecule has 0 bridgehead atoms. The van der Waals surface area contributed by atoms with E-state index in [-0.39, 0.29) is 28.8 Å². The Morgan fingerprint density at radius 3 is 2.61 bits per heavy atom. The first kappa shape index (κ1) is 14.0. The van der Waals surface area contributed by atoms with Crippen LogP contribution < -0.4 is 5.32 Å². The fourth-order valence-electron chi connectivity index (χ4n) is 1.64. The summed E-state index contributed by atoms with van der Waals surface area (Å²) in [4.78, 5) is 22.8. The second-order valence-electron chi connectivity index (χ2n) is 4.21. The van der Waals surface area contributed by atoms with Crippen molar-refractivity contribution < 1.29 is 19.8 Å². The van der Waals surface area contributed by atoms with Gasteiger partial charge in [0, 0.05) is 5.92 Å². The van der Waals surface area contributed by atoms with E-state index >= 15 is 0 Å². The maximum absolute atomic E-state index is 11.8. The van der Waals surface area contributed by atoms with Crippen LogP contribution in [0, 0.1) is 5.92 Å². The molecule has 0 aliphatic rings. The van der Waals surface area contributed by atoms with E-state index in [9.17, 15) is 14.7 Å². The topological polar surface area (TPSA) is 86.6 Å². The molecule has 98 valence electrons. The van der Waals surface area contributed by atoms with E-state index in [4.69, 9.17) is 5.11 Å². The highest BCUT2D eigenvalue weighted by molar-refractivity contribution is 6.01. The zero-order chi connectivity index (χ0) is 13.7. The number of aromatic hydroxyl groups is 1. The third-order valence-corrected chi connectivity index (χ3v) is 2.66. The molecule has 0 spiro atoms. The van der Waals surface area contributed by atoms with Gasteiger partial charge < -0.3 is 15.5 Å². The first-order valence-corrected chi connectivity index (χ1v) is 5.82. The molecule has 1 rings (SSSR count). The molecular weight excluding hydrogens is 234 g/mol. The van der Waals surface area contributed by atoms with E-state index in [0.717, 1.165) is 18.9 Å². The van der Waals surface area contributed by atoms with Gasteiger partial charge in [0.05, 0.1) is 11.3 Å². The van der Waals surface area contributed by atoms with E-state index in [0.29, 0.717) is 0 Å². The van der Waals surface area contributed by atoms with Crippen LogP contribution in [0.2, 0.25) is 0 Å². The lowest BCUT2D eigenvalue weighted by Gasteiger charge is -2.13. The molecule has 0 fully saturated rings. The van der Waals surface area contributed by atoms with Crippen molar-refractivity contribution in [2.45, 2.75) is 26.7 Å². The lowest BCUT2D eigenvalue weighted by molar-refractivity contribution is -0.119. The highest BCUT2D eigenvalue weighted by Crippen LogP contribution is 2.22. The molecule has 5 nitrogen and oxygen atoms in total. The number of aromatic carboxylic acids is 1. The third kappa shape index (κ3) is 3.48. The number of carbonyl (C=O) groups excluding carboxylic acids is 1. The average molecular weight is 251 g/mol. The lowest BCUT2D eigenvalue weighted by atomic mass is 10.0. The average Bonchev–Trinajstić information content (AvgIpc) is 2.31. The zero-order valence-corrected chi connectivity index (χ0v) is 10.4. The van der Waals surface area contributed by atoms with Crippen LogP contribution in [0.5, 0.6) is 5.75 Å². The van der Waals surface area contributed by atoms with Gasteiger partial charge in [0.2, 0.25) is 5.91 Å². The molecule has 1 aromatic carbocycles. The van der Waals surface area contributed by atoms with Gasteiger partial charge in [-0.05, 0) is 24.6 Å². The van der Waals surface area contributed by atoms with Gasteiger partial charge in [0.15, 0.2) is 0 Å². The molecule has 18 heavy (non-hydrogen) atoms. The number of carboxylic acids is 1. The highest BCUT2D eigenvalue weighted by atomic mass is 16.4. The second kappa shape index (κ2) is 6.05. The summed E-state index contributed by atoms with van der Waals surface area (Å²) >= 11 is 0.